The normalized spacial score (nSPS) is 19.3. The Morgan fingerprint density at radius 3 is 2.32 bits per heavy atom. The first-order valence-corrected chi connectivity index (χ1v) is 9.87. The van der Waals surface area contributed by atoms with Gasteiger partial charge in [0, 0.05) is 12.1 Å². The van der Waals surface area contributed by atoms with E-state index in [2.05, 4.69) is 5.32 Å². The molecule has 0 bridgehead atoms. The molecule has 1 aromatic rings. The van der Waals surface area contributed by atoms with Crippen molar-refractivity contribution in [3.8, 4) is 0 Å². The van der Waals surface area contributed by atoms with E-state index >= 15 is 0 Å². The van der Waals surface area contributed by atoms with E-state index in [0.29, 0.717) is 0 Å². The van der Waals surface area contributed by atoms with Crippen LogP contribution in [0.2, 0.25) is 0 Å². The largest absolute Gasteiger partial charge is 0.351 e. The van der Waals surface area contributed by atoms with Gasteiger partial charge in [-0.25, -0.2) is 0 Å². The fraction of sp³-hybridized carbons (Fsp3) is 0.600. The molecule has 5 heteroatoms. The number of nitrogens with zero attached hydrogens (tertiary/aromatic N) is 1. The maximum atomic E-state index is 13.1. The molecule has 136 valence electrons. The molecule has 2 fully saturated rings. The van der Waals surface area contributed by atoms with E-state index in [-0.39, 0.29) is 29.8 Å². The minimum atomic E-state index is -0.582. The third-order valence-electron chi connectivity index (χ3n) is 5.21. The van der Waals surface area contributed by atoms with E-state index < -0.39 is 6.04 Å². The van der Waals surface area contributed by atoms with Gasteiger partial charge in [0.25, 0.3) is 0 Å². The van der Waals surface area contributed by atoms with E-state index in [1.807, 2.05) is 31.2 Å². The Bertz CT molecular complexity index is 607. The van der Waals surface area contributed by atoms with Crippen molar-refractivity contribution in [2.75, 3.05) is 5.88 Å². The summed E-state index contributed by atoms with van der Waals surface area (Å²) < 4.78 is 0. The van der Waals surface area contributed by atoms with E-state index in [0.717, 1.165) is 49.7 Å². The molecular weight excluding hydrogens is 336 g/mol. The van der Waals surface area contributed by atoms with Crippen LogP contribution in [0, 0.1) is 6.92 Å². The molecule has 25 heavy (non-hydrogen) atoms. The summed E-state index contributed by atoms with van der Waals surface area (Å²) in [6, 6.07) is 7.67. The number of benzene rings is 1. The Morgan fingerprint density at radius 1 is 1.12 bits per heavy atom. The first kappa shape index (κ1) is 18.2. The minimum Gasteiger partial charge on any atom is -0.351 e. The maximum absolute atomic E-state index is 13.1. The number of hydrogen-bond acceptors (Lipinski definition) is 2. The van der Waals surface area contributed by atoms with E-state index in [4.69, 9.17) is 11.6 Å². The lowest BCUT2D eigenvalue weighted by atomic mass is 9.94. The molecule has 4 nitrogen and oxygen atoms in total. The van der Waals surface area contributed by atoms with Crippen LogP contribution in [0.3, 0.4) is 0 Å². The Balaban J connectivity index is 1.85. The van der Waals surface area contributed by atoms with Crippen LogP contribution in [-0.4, -0.2) is 34.7 Å². The zero-order valence-electron chi connectivity index (χ0n) is 14.8. The van der Waals surface area contributed by atoms with Crippen LogP contribution in [0.5, 0.6) is 0 Å². The fourth-order valence-corrected chi connectivity index (χ4v) is 3.83. The molecule has 2 saturated carbocycles. The Morgan fingerprint density at radius 2 is 1.76 bits per heavy atom. The highest BCUT2D eigenvalue weighted by Gasteiger charge is 2.41. The number of nitrogens with one attached hydrogen (secondary N) is 1. The molecule has 0 unspecified atom stereocenters. The quantitative estimate of drug-likeness (QED) is 0.784. The second-order valence-electron chi connectivity index (χ2n) is 7.32. The average molecular weight is 363 g/mol. The molecule has 0 spiro atoms. The van der Waals surface area contributed by atoms with Crippen molar-refractivity contribution in [3.05, 3.63) is 35.4 Å². The van der Waals surface area contributed by atoms with Crippen molar-refractivity contribution >= 4 is 23.4 Å². The number of aryl methyl sites for hydroxylation is 1. The summed E-state index contributed by atoms with van der Waals surface area (Å²) >= 11 is 5.85. The molecule has 0 aliphatic heterocycles. The summed E-state index contributed by atoms with van der Waals surface area (Å²) in [5.41, 5.74) is 2.00. The summed E-state index contributed by atoms with van der Waals surface area (Å²) in [6.45, 7) is 2.02. The molecule has 3 rings (SSSR count). The van der Waals surface area contributed by atoms with Crippen LogP contribution in [-0.2, 0) is 9.59 Å². The minimum absolute atomic E-state index is 0.0684. The highest BCUT2D eigenvalue weighted by atomic mass is 35.5. The van der Waals surface area contributed by atoms with Gasteiger partial charge in [-0.3, -0.25) is 9.59 Å². The third kappa shape index (κ3) is 4.55. The summed E-state index contributed by atoms with van der Waals surface area (Å²) in [5, 5.41) is 3.20. The number of carbonyl (C=O) groups excluding carboxylic acids is 2. The van der Waals surface area contributed by atoms with Gasteiger partial charge in [-0.1, -0.05) is 49.1 Å². The molecule has 1 atom stereocenters. The topological polar surface area (TPSA) is 49.4 Å². The Kier molecular flexibility index (Phi) is 6.00. The van der Waals surface area contributed by atoms with E-state index in [1.165, 1.54) is 6.42 Å². The summed E-state index contributed by atoms with van der Waals surface area (Å²) in [7, 11) is 0. The van der Waals surface area contributed by atoms with Gasteiger partial charge in [-0.2, -0.15) is 0 Å². The lowest BCUT2D eigenvalue weighted by Crippen LogP contribution is -2.48. The van der Waals surface area contributed by atoms with Crippen molar-refractivity contribution in [1.29, 1.82) is 0 Å². The summed E-state index contributed by atoms with van der Waals surface area (Å²) in [6.07, 6.45) is 7.51. The number of hydrogen-bond donors (Lipinski definition) is 1. The molecule has 1 N–H and O–H groups in total. The average Bonchev–Trinajstić information content (AvgIpc) is 3.45. The molecule has 1 aromatic carbocycles. The van der Waals surface area contributed by atoms with Crippen molar-refractivity contribution in [2.45, 2.75) is 70.0 Å². The van der Waals surface area contributed by atoms with Gasteiger partial charge in [0.2, 0.25) is 11.8 Å². The predicted octanol–water partition coefficient (Wildman–Crippen LogP) is 3.71. The van der Waals surface area contributed by atoms with Crippen molar-refractivity contribution in [1.82, 2.24) is 10.2 Å². The highest BCUT2D eigenvalue weighted by Crippen LogP contribution is 2.35. The predicted molar refractivity (Wildman–Crippen MR) is 99.5 cm³/mol. The van der Waals surface area contributed by atoms with Crippen molar-refractivity contribution < 1.29 is 9.59 Å². The lowest BCUT2D eigenvalue weighted by molar-refractivity contribution is -0.140. The maximum Gasteiger partial charge on any atom is 0.247 e. The number of alkyl halides is 1. The van der Waals surface area contributed by atoms with E-state index in [9.17, 15) is 9.59 Å². The lowest BCUT2D eigenvalue weighted by Gasteiger charge is -2.33. The molecule has 2 aliphatic carbocycles. The van der Waals surface area contributed by atoms with Crippen molar-refractivity contribution in [3.63, 3.8) is 0 Å². The zero-order chi connectivity index (χ0) is 17.8. The molecule has 0 saturated heterocycles. The number of halogens is 1. The van der Waals surface area contributed by atoms with Gasteiger partial charge in [0.05, 0.1) is 0 Å². The van der Waals surface area contributed by atoms with Crippen molar-refractivity contribution in [2.24, 2.45) is 0 Å². The Hall–Kier alpha value is -1.55. The standard InChI is InChI=1S/C20H27ClN2O2/c1-14-7-9-15(10-8-14)19(23(17-11-12-17)18(24)13-21)20(25)22-16-5-3-2-4-6-16/h7-10,16-17,19H,2-6,11-13H2,1H3,(H,22,25)/t19-/m1/s1. The molecule has 2 amide bonds. The van der Waals surface area contributed by atoms with Gasteiger partial charge in [0.15, 0.2) is 0 Å². The highest BCUT2D eigenvalue weighted by molar-refractivity contribution is 6.27. The fourth-order valence-electron chi connectivity index (χ4n) is 3.69. The number of amides is 2. The summed E-state index contributed by atoms with van der Waals surface area (Å²) in [4.78, 5) is 27.3. The molecule has 0 radical (unpaired) electrons. The molecular formula is C20H27ClN2O2. The summed E-state index contributed by atoms with van der Waals surface area (Å²) in [5.74, 6) is -0.315. The molecule has 0 heterocycles. The van der Waals surface area contributed by atoms with Gasteiger partial charge in [-0.05, 0) is 38.2 Å². The monoisotopic (exact) mass is 362 g/mol. The second-order valence-corrected chi connectivity index (χ2v) is 7.59. The van der Waals surface area contributed by atoms with Crippen LogP contribution < -0.4 is 5.32 Å². The SMILES string of the molecule is Cc1ccc([C@H](C(=O)NC2CCCCC2)N(C(=O)CCl)C2CC2)cc1. The van der Waals surface area contributed by atoms with Crippen LogP contribution >= 0.6 is 11.6 Å². The Labute approximate surface area is 154 Å². The van der Waals surface area contributed by atoms with Crippen LogP contribution in [0.15, 0.2) is 24.3 Å². The smallest absolute Gasteiger partial charge is 0.247 e. The molecule has 2 aliphatic rings. The van der Waals surface area contributed by atoms with Gasteiger partial charge < -0.3 is 10.2 Å². The van der Waals surface area contributed by atoms with Crippen LogP contribution in [0.25, 0.3) is 0 Å². The van der Waals surface area contributed by atoms with Gasteiger partial charge in [0.1, 0.15) is 11.9 Å². The second kappa shape index (κ2) is 8.22. The first-order chi connectivity index (χ1) is 12.1. The van der Waals surface area contributed by atoms with Gasteiger partial charge >= 0.3 is 0 Å². The zero-order valence-corrected chi connectivity index (χ0v) is 15.6. The van der Waals surface area contributed by atoms with Crippen LogP contribution in [0.1, 0.15) is 62.1 Å². The first-order valence-electron chi connectivity index (χ1n) is 9.34. The third-order valence-corrected chi connectivity index (χ3v) is 5.44. The van der Waals surface area contributed by atoms with Gasteiger partial charge in [-0.15, -0.1) is 11.6 Å². The van der Waals surface area contributed by atoms with Crippen LogP contribution in [0.4, 0.5) is 0 Å². The molecule has 0 aromatic heterocycles. The number of rotatable bonds is 6. The number of carbonyl (C=O) groups is 2. The van der Waals surface area contributed by atoms with E-state index in [1.54, 1.807) is 4.90 Å².